The second-order valence-electron chi connectivity index (χ2n) is 4.16. The van der Waals surface area contributed by atoms with Gasteiger partial charge in [0.1, 0.15) is 0 Å². The molecule has 1 saturated carbocycles. The lowest BCUT2D eigenvalue weighted by Gasteiger charge is -2.38. The standard InChI is InChI=1S/C11H15N3O2/c12-7-11(4-2-5-11)10(16)14-9-8(15)3-1-6-13-9/h1,3,6,15H,2,4-5,7,12H2,(H,13,14,16). The van der Waals surface area contributed by atoms with Gasteiger partial charge in [0.15, 0.2) is 11.6 Å². The second kappa shape index (κ2) is 4.09. The number of aromatic hydroxyl groups is 1. The second-order valence-corrected chi connectivity index (χ2v) is 4.16. The topological polar surface area (TPSA) is 88.2 Å². The third-order valence-corrected chi connectivity index (χ3v) is 3.20. The van der Waals surface area contributed by atoms with Crippen molar-refractivity contribution >= 4 is 11.7 Å². The average Bonchev–Trinajstić information content (AvgIpc) is 2.21. The molecular formula is C11H15N3O2. The Kier molecular flexibility index (Phi) is 2.78. The zero-order chi connectivity index (χ0) is 11.6. The molecule has 86 valence electrons. The molecule has 0 saturated heterocycles. The number of rotatable bonds is 3. The van der Waals surface area contributed by atoms with Gasteiger partial charge in [-0.25, -0.2) is 4.98 Å². The quantitative estimate of drug-likeness (QED) is 0.706. The minimum absolute atomic E-state index is 0.0256. The fourth-order valence-electron chi connectivity index (χ4n) is 1.86. The van der Waals surface area contributed by atoms with E-state index < -0.39 is 5.41 Å². The maximum Gasteiger partial charge on any atom is 0.233 e. The molecule has 0 atom stereocenters. The summed E-state index contributed by atoms with van der Waals surface area (Å²) in [5.74, 6) is 0.0322. The molecule has 1 heterocycles. The Labute approximate surface area is 93.7 Å². The van der Waals surface area contributed by atoms with E-state index in [4.69, 9.17) is 5.73 Å². The summed E-state index contributed by atoms with van der Waals surface area (Å²) in [6.45, 7) is 0.340. The molecule has 0 aromatic carbocycles. The van der Waals surface area contributed by atoms with Gasteiger partial charge in [-0.05, 0) is 25.0 Å². The molecule has 5 heteroatoms. The highest BCUT2D eigenvalue weighted by Gasteiger charge is 2.43. The average molecular weight is 221 g/mol. The molecular weight excluding hydrogens is 206 g/mol. The van der Waals surface area contributed by atoms with Crippen molar-refractivity contribution in [2.45, 2.75) is 19.3 Å². The molecule has 1 fully saturated rings. The molecule has 1 aliphatic carbocycles. The third-order valence-electron chi connectivity index (χ3n) is 3.20. The van der Waals surface area contributed by atoms with Gasteiger partial charge in [0.05, 0.1) is 5.41 Å². The van der Waals surface area contributed by atoms with Gasteiger partial charge in [-0.15, -0.1) is 0 Å². The molecule has 1 aromatic heterocycles. The highest BCUT2D eigenvalue weighted by Crippen LogP contribution is 2.41. The number of nitrogens with one attached hydrogen (secondary N) is 1. The van der Waals surface area contributed by atoms with Crippen LogP contribution in [0.2, 0.25) is 0 Å². The Morgan fingerprint density at radius 3 is 2.88 bits per heavy atom. The van der Waals surface area contributed by atoms with Gasteiger partial charge >= 0.3 is 0 Å². The lowest BCUT2D eigenvalue weighted by atomic mass is 9.68. The smallest absolute Gasteiger partial charge is 0.233 e. The van der Waals surface area contributed by atoms with Crippen LogP contribution in [0.1, 0.15) is 19.3 Å². The Morgan fingerprint density at radius 1 is 1.62 bits per heavy atom. The van der Waals surface area contributed by atoms with Gasteiger partial charge in [-0.1, -0.05) is 6.42 Å². The van der Waals surface area contributed by atoms with Crippen LogP contribution in [-0.4, -0.2) is 22.5 Å². The van der Waals surface area contributed by atoms with Crippen molar-refractivity contribution in [2.24, 2.45) is 11.1 Å². The molecule has 2 rings (SSSR count). The summed E-state index contributed by atoms with van der Waals surface area (Å²) in [7, 11) is 0. The van der Waals surface area contributed by atoms with Crippen LogP contribution in [0.3, 0.4) is 0 Å². The van der Waals surface area contributed by atoms with Crippen LogP contribution in [-0.2, 0) is 4.79 Å². The van der Waals surface area contributed by atoms with Gasteiger partial charge in [-0.2, -0.15) is 0 Å². The number of amides is 1. The van der Waals surface area contributed by atoms with E-state index in [9.17, 15) is 9.90 Å². The number of carbonyl (C=O) groups excluding carboxylic acids is 1. The van der Waals surface area contributed by atoms with Gasteiger partial charge in [0, 0.05) is 12.7 Å². The van der Waals surface area contributed by atoms with Gasteiger partial charge in [0.2, 0.25) is 5.91 Å². The van der Waals surface area contributed by atoms with Crippen LogP contribution < -0.4 is 11.1 Å². The van der Waals surface area contributed by atoms with Crippen LogP contribution in [0.4, 0.5) is 5.82 Å². The van der Waals surface area contributed by atoms with Crippen molar-refractivity contribution in [3.63, 3.8) is 0 Å². The lowest BCUT2D eigenvalue weighted by Crippen LogP contribution is -2.47. The predicted molar refractivity (Wildman–Crippen MR) is 59.9 cm³/mol. The predicted octanol–water partition coefficient (Wildman–Crippen LogP) is 0.855. The number of pyridine rings is 1. The molecule has 1 aliphatic rings. The summed E-state index contributed by atoms with van der Waals surface area (Å²) in [6.07, 6.45) is 4.16. The Morgan fingerprint density at radius 2 is 2.38 bits per heavy atom. The molecule has 0 spiro atoms. The van der Waals surface area contributed by atoms with Crippen LogP contribution in [0.5, 0.6) is 5.75 Å². The summed E-state index contributed by atoms with van der Waals surface area (Å²) < 4.78 is 0. The number of hydrogen-bond donors (Lipinski definition) is 3. The molecule has 4 N–H and O–H groups in total. The minimum atomic E-state index is -0.454. The largest absolute Gasteiger partial charge is 0.504 e. The normalized spacial score (nSPS) is 17.6. The lowest BCUT2D eigenvalue weighted by molar-refractivity contribution is -0.129. The molecule has 0 radical (unpaired) electrons. The maximum absolute atomic E-state index is 12.0. The van der Waals surface area contributed by atoms with Gasteiger partial charge in [-0.3, -0.25) is 4.79 Å². The van der Waals surface area contributed by atoms with Crippen LogP contribution in [0, 0.1) is 5.41 Å². The first-order valence-corrected chi connectivity index (χ1v) is 5.33. The first kappa shape index (κ1) is 10.9. The van der Waals surface area contributed by atoms with Crippen molar-refractivity contribution in [1.82, 2.24) is 4.98 Å². The van der Waals surface area contributed by atoms with Gasteiger partial charge in [0.25, 0.3) is 0 Å². The highest BCUT2D eigenvalue weighted by molar-refractivity contribution is 5.96. The number of nitrogens with two attached hydrogens (primary N) is 1. The van der Waals surface area contributed by atoms with Crippen molar-refractivity contribution < 1.29 is 9.90 Å². The SMILES string of the molecule is NCC1(C(=O)Nc2ncccc2O)CCC1. The Balaban J connectivity index is 2.10. The summed E-state index contributed by atoms with van der Waals surface area (Å²) in [4.78, 5) is 15.9. The zero-order valence-corrected chi connectivity index (χ0v) is 8.94. The van der Waals surface area contributed by atoms with E-state index in [1.807, 2.05) is 0 Å². The van der Waals surface area contributed by atoms with E-state index >= 15 is 0 Å². The zero-order valence-electron chi connectivity index (χ0n) is 8.94. The summed E-state index contributed by atoms with van der Waals surface area (Å²) in [5, 5.41) is 12.1. The van der Waals surface area contributed by atoms with Gasteiger partial charge < -0.3 is 16.2 Å². The summed E-state index contributed by atoms with van der Waals surface area (Å²) in [5.41, 5.74) is 5.16. The van der Waals surface area contributed by atoms with E-state index in [1.165, 1.54) is 12.3 Å². The van der Waals surface area contributed by atoms with Crippen molar-refractivity contribution in [1.29, 1.82) is 0 Å². The number of nitrogens with zero attached hydrogens (tertiary/aromatic N) is 1. The molecule has 16 heavy (non-hydrogen) atoms. The molecule has 1 amide bonds. The van der Waals surface area contributed by atoms with E-state index in [0.29, 0.717) is 6.54 Å². The monoisotopic (exact) mass is 221 g/mol. The van der Waals surface area contributed by atoms with E-state index in [2.05, 4.69) is 10.3 Å². The Hall–Kier alpha value is -1.62. The first-order chi connectivity index (χ1) is 7.68. The molecule has 1 aromatic rings. The van der Waals surface area contributed by atoms with Crippen LogP contribution in [0.15, 0.2) is 18.3 Å². The molecule has 5 nitrogen and oxygen atoms in total. The van der Waals surface area contributed by atoms with E-state index in [-0.39, 0.29) is 17.5 Å². The molecule has 0 unspecified atom stereocenters. The van der Waals surface area contributed by atoms with E-state index in [1.54, 1.807) is 6.07 Å². The minimum Gasteiger partial charge on any atom is -0.504 e. The molecule has 0 bridgehead atoms. The maximum atomic E-state index is 12.0. The highest BCUT2D eigenvalue weighted by atomic mass is 16.3. The van der Waals surface area contributed by atoms with E-state index in [0.717, 1.165) is 19.3 Å². The van der Waals surface area contributed by atoms with Crippen molar-refractivity contribution in [3.05, 3.63) is 18.3 Å². The first-order valence-electron chi connectivity index (χ1n) is 5.33. The fraction of sp³-hybridized carbons (Fsp3) is 0.455. The number of aromatic nitrogens is 1. The molecule has 0 aliphatic heterocycles. The van der Waals surface area contributed by atoms with Crippen LogP contribution in [0.25, 0.3) is 0 Å². The van der Waals surface area contributed by atoms with Crippen molar-refractivity contribution in [2.75, 3.05) is 11.9 Å². The number of carbonyl (C=O) groups is 1. The fourth-order valence-corrected chi connectivity index (χ4v) is 1.86. The Bertz CT molecular complexity index is 396. The van der Waals surface area contributed by atoms with Crippen molar-refractivity contribution in [3.8, 4) is 5.75 Å². The van der Waals surface area contributed by atoms with Crippen LogP contribution >= 0.6 is 0 Å². The third kappa shape index (κ3) is 1.74. The number of hydrogen-bond acceptors (Lipinski definition) is 4. The summed E-state index contributed by atoms with van der Waals surface area (Å²) in [6, 6.07) is 3.09. The number of anilines is 1. The summed E-state index contributed by atoms with van der Waals surface area (Å²) >= 11 is 0.